The molecule has 0 radical (unpaired) electrons. The number of halogens is 2. The van der Waals surface area contributed by atoms with Gasteiger partial charge in [0, 0.05) is 0 Å². The lowest BCUT2D eigenvalue weighted by Gasteiger charge is -2.10. The van der Waals surface area contributed by atoms with Crippen LogP contribution in [0.15, 0.2) is 58.3 Å². The van der Waals surface area contributed by atoms with Gasteiger partial charge in [-0.25, -0.2) is 12.8 Å². The number of rotatable bonds is 4. The molecule has 0 saturated heterocycles. The molecule has 0 bridgehead atoms. The summed E-state index contributed by atoms with van der Waals surface area (Å²) in [7, 11) is -9.24. The van der Waals surface area contributed by atoms with Crippen molar-refractivity contribution in [2.45, 2.75) is 9.79 Å². The summed E-state index contributed by atoms with van der Waals surface area (Å²) in [6.07, 6.45) is 0. The van der Waals surface area contributed by atoms with Crippen LogP contribution in [0.5, 0.6) is 0 Å². The number of hydrogen-bond acceptors (Lipinski definition) is 4. The molecule has 2 rings (SSSR count). The summed E-state index contributed by atoms with van der Waals surface area (Å²) in [4.78, 5) is -1.08. The fourth-order valence-corrected chi connectivity index (χ4v) is 3.35. The molecule has 5 nitrogen and oxygen atoms in total. The van der Waals surface area contributed by atoms with Gasteiger partial charge in [-0.3, -0.25) is 4.72 Å². The molecule has 0 saturated carbocycles. The molecular weight excluding hydrogens is 324 g/mol. The van der Waals surface area contributed by atoms with E-state index in [9.17, 15) is 25.1 Å². The fourth-order valence-electron chi connectivity index (χ4n) is 1.58. The Morgan fingerprint density at radius 1 is 0.857 bits per heavy atom. The van der Waals surface area contributed by atoms with Gasteiger partial charge in [0.25, 0.3) is 10.0 Å². The summed E-state index contributed by atoms with van der Waals surface area (Å²) in [5.41, 5.74) is -0.427. The van der Waals surface area contributed by atoms with Crippen LogP contribution in [0.1, 0.15) is 0 Å². The zero-order chi connectivity index (χ0) is 15.7. The Bertz CT molecular complexity index is 862. The van der Waals surface area contributed by atoms with Crippen LogP contribution in [0.2, 0.25) is 0 Å². The van der Waals surface area contributed by atoms with Crippen LogP contribution in [0, 0.1) is 5.82 Å². The van der Waals surface area contributed by atoms with Crippen molar-refractivity contribution >= 4 is 25.9 Å². The fraction of sp³-hybridized carbons (Fsp3) is 0. The maximum absolute atomic E-state index is 13.1. The number of para-hydroxylation sites is 1. The van der Waals surface area contributed by atoms with E-state index in [4.69, 9.17) is 0 Å². The molecule has 0 aliphatic rings. The number of sulfonamides is 1. The molecule has 0 amide bonds. The highest BCUT2D eigenvalue weighted by Gasteiger charge is 2.21. The van der Waals surface area contributed by atoms with Crippen molar-refractivity contribution in [3.8, 4) is 0 Å². The molecule has 2 aromatic rings. The summed E-state index contributed by atoms with van der Waals surface area (Å²) < 4.78 is 73.9. The van der Waals surface area contributed by atoms with Crippen molar-refractivity contribution in [1.82, 2.24) is 0 Å². The topological polar surface area (TPSA) is 80.3 Å². The standard InChI is InChI=1S/C12H9F2NO4S2/c13-9-5-7-10(8-6-9)21(18,19)15-11-3-1-2-4-12(11)20(14,16)17/h1-8,15H. The van der Waals surface area contributed by atoms with Gasteiger partial charge in [-0.05, 0) is 36.4 Å². The van der Waals surface area contributed by atoms with E-state index in [1.807, 2.05) is 4.72 Å². The van der Waals surface area contributed by atoms with E-state index in [0.717, 1.165) is 36.4 Å². The number of anilines is 1. The van der Waals surface area contributed by atoms with E-state index in [0.29, 0.717) is 0 Å². The average molecular weight is 333 g/mol. The number of hydrogen-bond donors (Lipinski definition) is 1. The zero-order valence-corrected chi connectivity index (χ0v) is 12.0. The molecule has 1 N–H and O–H groups in total. The maximum atomic E-state index is 13.1. The molecule has 0 spiro atoms. The van der Waals surface area contributed by atoms with Crippen molar-refractivity contribution in [2.24, 2.45) is 0 Å². The third-order valence-corrected chi connectivity index (χ3v) is 4.78. The summed E-state index contributed by atoms with van der Waals surface area (Å²) >= 11 is 0. The molecule has 0 unspecified atom stereocenters. The molecule has 2 aromatic carbocycles. The molecule has 112 valence electrons. The summed E-state index contributed by atoms with van der Waals surface area (Å²) in [5.74, 6) is -0.624. The van der Waals surface area contributed by atoms with Gasteiger partial charge in [0.2, 0.25) is 0 Å². The first-order chi connectivity index (χ1) is 9.70. The van der Waals surface area contributed by atoms with Crippen molar-refractivity contribution < 1.29 is 25.1 Å². The van der Waals surface area contributed by atoms with Crippen LogP contribution < -0.4 is 4.72 Å². The maximum Gasteiger partial charge on any atom is 0.334 e. The van der Waals surface area contributed by atoms with Gasteiger partial charge < -0.3 is 0 Å². The predicted molar refractivity (Wildman–Crippen MR) is 71.9 cm³/mol. The SMILES string of the molecule is O=S(=O)(F)c1ccccc1NS(=O)(=O)c1ccc(F)cc1. The van der Waals surface area contributed by atoms with Crippen LogP contribution >= 0.6 is 0 Å². The molecule has 0 aliphatic carbocycles. The highest BCUT2D eigenvalue weighted by Crippen LogP contribution is 2.25. The minimum atomic E-state index is -5.08. The second-order valence-corrected chi connectivity index (χ2v) is 6.99. The minimum absolute atomic E-state index is 0.282. The third-order valence-electron chi connectivity index (χ3n) is 2.52. The van der Waals surface area contributed by atoms with Gasteiger partial charge in [-0.2, -0.15) is 8.42 Å². The van der Waals surface area contributed by atoms with Crippen LogP contribution in [0.25, 0.3) is 0 Å². The van der Waals surface area contributed by atoms with Crippen LogP contribution in [-0.2, 0) is 20.2 Å². The highest BCUT2D eigenvalue weighted by molar-refractivity contribution is 7.93. The average Bonchev–Trinajstić information content (AvgIpc) is 2.38. The molecule has 9 heteroatoms. The Morgan fingerprint density at radius 2 is 1.43 bits per heavy atom. The Morgan fingerprint density at radius 3 is 2.00 bits per heavy atom. The Kier molecular flexibility index (Phi) is 3.97. The van der Waals surface area contributed by atoms with Crippen LogP contribution in [0.4, 0.5) is 14.0 Å². The number of benzene rings is 2. The van der Waals surface area contributed by atoms with Crippen LogP contribution in [-0.4, -0.2) is 16.8 Å². The van der Waals surface area contributed by atoms with Crippen molar-refractivity contribution in [2.75, 3.05) is 4.72 Å². The molecule has 0 heterocycles. The Hall–Kier alpha value is -2.00. The molecule has 21 heavy (non-hydrogen) atoms. The molecule has 0 aromatic heterocycles. The van der Waals surface area contributed by atoms with E-state index < -0.39 is 36.6 Å². The monoisotopic (exact) mass is 333 g/mol. The third kappa shape index (κ3) is 3.56. The van der Waals surface area contributed by atoms with E-state index in [1.165, 1.54) is 12.1 Å². The quantitative estimate of drug-likeness (QED) is 0.871. The largest absolute Gasteiger partial charge is 0.334 e. The lowest BCUT2D eigenvalue weighted by Crippen LogP contribution is -2.14. The van der Waals surface area contributed by atoms with Gasteiger partial charge in [-0.15, -0.1) is 3.89 Å². The first-order valence-electron chi connectivity index (χ1n) is 5.52. The molecular formula is C12H9F2NO4S2. The lowest BCUT2D eigenvalue weighted by atomic mass is 10.3. The summed E-state index contributed by atoms with van der Waals surface area (Å²) in [6.45, 7) is 0. The normalized spacial score (nSPS) is 12.1. The second-order valence-electron chi connectivity index (χ2n) is 3.99. The molecule has 0 atom stereocenters. The van der Waals surface area contributed by atoms with Crippen molar-refractivity contribution in [3.05, 3.63) is 54.3 Å². The van der Waals surface area contributed by atoms with E-state index in [-0.39, 0.29) is 4.90 Å². The van der Waals surface area contributed by atoms with Gasteiger partial charge in [-0.1, -0.05) is 12.1 Å². The van der Waals surface area contributed by atoms with E-state index in [2.05, 4.69) is 0 Å². The lowest BCUT2D eigenvalue weighted by molar-refractivity contribution is 0.552. The van der Waals surface area contributed by atoms with Gasteiger partial charge >= 0.3 is 10.2 Å². The van der Waals surface area contributed by atoms with E-state index >= 15 is 0 Å². The molecule has 0 aliphatic heterocycles. The summed E-state index contributed by atoms with van der Waals surface area (Å²) in [6, 6.07) is 8.51. The Balaban J connectivity index is 2.45. The second kappa shape index (κ2) is 5.41. The van der Waals surface area contributed by atoms with Crippen molar-refractivity contribution in [1.29, 1.82) is 0 Å². The van der Waals surface area contributed by atoms with Gasteiger partial charge in [0.05, 0.1) is 10.6 Å². The predicted octanol–water partition coefficient (Wildman–Crippen LogP) is 2.28. The first kappa shape index (κ1) is 15.4. The number of nitrogens with one attached hydrogen (secondary N) is 1. The Labute approximate surface area is 120 Å². The van der Waals surface area contributed by atoms with E-state index in [1.54, 1.807) is 0 Å². The molecule has 0 fully saturated rings. The summed E-state index contributed by atoms with van der Waals surface area (Å²) in [5, 5.41) is 0. The zero-order valence-electron chi connectivity index (χ0n) is 10.3. The van der Waals surface area contributed by atoms with Gasteiger partial charge in [0.1, 0.15) is 10.7 Å². The van der Waals surface area contributed by atoms with Crippen LogP contribution in [0.3, 0.4) is 0 Å². The van der Waals surface area contributed by atoms with Crippen molar-refractivity contribution in [3.63, 3.8) is 0 Å². The van der Waals surface area contributed by atoms with Gasteiger partial charge in [0.15, 0.2) is 0 Å². The highest BCUT2D eigenvalue weighted by atomic mass is 32.3. The smallest absolute Gasteiger partial charge is 0.278 e. The minimum Gasteiger partial charge on any atom is -0.278 e. The first-order valence-corrected chi connectivity index (χ1v) is 8.39.